The highest BCUT2D eigenvalue weighted by Gasteiger charge is 2.15. The highest BCUT2D eigenvalue weighted by Crippen LogP contribution is 2.32. The van der Waals surface area contributed by atoms with E-state index in [9.17, 15) is 14.7 Å². The molecule has 0 aromatic heterocycles. The van der Waals surface area contributed by atoms with Crippen molar-refractivity contribution in [2.45, 2.75) is 6.92 Å². The number of amides is 2. The van der Waals surface area contributed by atoms with Crippen molar-refractivity contribution >= 4 is 40.0 Å². The fraction of sp³-hybridized carbons (Fsp3) is 0.0800. The van der Waals surface area contributed by atoms with E-state index in [-0.39, 0.29) is 11.4 Å². The second-order valence-corrected chi connectivity index (χ2v) is 7.68. The van der Waals surface area contributed by atoms with Gasteiger partial charge in [0.25, 0.3) is 11.8 Å². The number of nitrogens with zero attached hydrogens (tertiary/aromatic N) is 1. The van der Waals surface area contributed by atoms with E-state index >= 15 is 0 Å². The Morgan fingerprint density at radius 1 is 1.06 bits per heavy atom. The summed E-state index contributed by atoms with van der Waals surface area (Å²) in [6.07, 6.45) is 2.84. The molecule has 0 heterocycles. The Hall–Kier alpha value is -3.91. The maximum absolute atomic E-state index is 12.8. The molecule has 0 radical (unpaired) electrons. The van der Waals surface area contributed by atoms with Crippen LogP contribution in [0, 0.1) is 0 Å². The van der Waals surface area contributed by atoms with E-state index in [1.165, 1.54) is 6.21 Å². The fourth-order valence-electron chi connectivity index (χ4n) is 2.84. The number of nitrogens with one attached hydrogen (secondary N) is 2. The number of phenolic OH excluding ortho intramolecular Hbond substituents is 1. The minimum Gasteiger partial charge on any atom is -0.504 e. The van der Waals surface area contributed by atoms with Crippen LogP contribution in [0.25, 0.3) is 6.08 Å². The number of carbonyl (C=O) groups is 2. The molecule has 3 aromatic carbocycles. The van der Waals surface area contributed by atoms with E-state index in [0.29, 0.717) is 28.0 Å². The molecular weight excluding hydrogens is 486 g/mol. The maximum atomic E-state index is 12.8. The monoisotopic (exact) mass is 507 g/mol. The van der Waals surface area contributed by atoms with Gasteiger partial charge < -0.3 is 15.2 Å². The molecule has 0 saturated carbocycles. The van der Waals surface area contributed by atoms with E-state index in [4.69, 9.17) is 4.74 Å². The number of phenols is 1. The highest BCUT2D eigenvalue weighted by atomic mass is 79.9. The van der Waals surface area contributed by atoms with Crippen molar-refractivity contribution in [3.8, 4) is 11.5 Å². The predicted molar refractivity (Wildman–Crippen MR) is 131 cm³/mol. The Kier molecular flexibility index (Phi) is 8.37. The molecule has 8 heteroatoms. The molecule has 7 nitrogen and oxygen atoms in total. The number of hydrogen-bond acceptors (Lipinski definition) is 5. The van der Waals surface area contributed by atoms with Gasteiger partial charge in [-0.15, -0.1) is 0 Å². The normalized spacial score (nSPS) is 11.3. The van der Waals surface area contributed by atoms with Crippen LogP contribution in [-0.2, 0) is 4.79 Å². The molecule has 2 amide bonds. The van der Waals surface area contributed by atoms with Crippen LogP contribution in [0.4, 0.5) is 0 Å². The summed E-state index contributed by atoms with van der Waals surface area (Å²) in [5.41, 5.74) is 3.88. The van der Waals surface area contributed by atoms with Crippen molar-refractivity contribution in [3.05, 3.63) is 99.7 Å². The van der Waals surface area contributed by atoms with Gasteiger partial charge in [-0.25, -0.2) is 5.43 Å². The molecule has 168 valence electrons. The molecule has 0 aliphatic rings. The molecule has 0 atom stereocenters. The number of carbonyl (C=O) groups excluding carboxylic acids is 2. The molecule has 0 bridgehead atoms. The second-order valence-electron chi connectivity index (χ2n) is 6.76. The van der Waals surface area contributed by atoms with Crippen molar-refractivity contribution in [2.75, 3.05) is 6.61 Å². The van der Waals surface area contributed by atoms with E-state index in [0.717, 1.165) is 5.56 Å². The van der Waals surface area contributed by atoms with Crippen LogP contribution < -0.4 is 15.5 Å². The van der Waals surface area contributed by atoms with Gasteiger partial charge in [-0.3, -0.25) is 9.59 Å². The lowest BCUT2D eigenvalue weighted by molar-refractivity contribution is -0.117. The standard InChI is InChI=1S/C25H22BrN3O4/c1-2-33-22-15-20(26)14-19(23(22)30)16-27-29-25(32)21(13-17-9-5-3-6-10-17)28-24(31)18-11-7-4-8-12-18/h3-16,30H,2H2,1H3,(H,28,31)(H,29,32)/b21-13-,27-16-. The fourth-order valence-corrected chi connectivity index (χ4v) is 3.29. The summed E-state index contributed by atoms with van der Waals surface area (Å²) < 4.78 is 6.07. The highest BCUT2D eigenvalue weighted by molar-refractivity contribution is 9.10. The first-order valence-corrected chi connectivity index (χ1v) is 10.9. The quantitative estimate of drug-likeness (QED) is 0.238. The largest absolute Gasteiger partial charge is 0.504 e. The summed E-state index contributed by atoms with van der Waals surface area (Å²) >= 11 is 3.35. The minimum absolute atomic E-state index is 0.0145. The third-order valence-corrected chi connectivity index (χ3v) is 4.84. The summed E-state index contributed by atoms with van der Waals surface area (Å²) in [5, 5.41) is 16.9. The number of hydrazone groups is 1. The van der Waals surface area contributed by atoms with Crippen molar-refractivity contribution in [3.63, 3.8) is 0 Å². The topological polar surface area (TPSA) is 100 Å². The van der Waals surface area contributed by atoms with Gasteiger partial charge in [0, 0.05) is 15.6 Å². The first-order valence-electron chi connectivity index (χ1n) is 10.1. The van der Waals surface area contributed by atoms with Gasteiger partial charge in [0.15, 0.2) is 11.5 Å². The number of ether oxygens (including phenoxy) is 1. The number of halogens is 1. The Bertz CT molecular complexity index is 1180. The smallest absolute Gasteiger partial charge is 0.287 e. The average molecular weight is 508 g/mol. The Balaban J connectivity index is 1.81. The molecule has 0 unspecified atom stereocenters. The molecule has 0 spiro atoms. The van der Waals surface area contributed by atoms with Crippen LogP contribution in [0.2, 0.25) is 0 Å². The minimum atomic E-state index is -0.626. The summed E-state index contributed by atoms with van der Waals surface area (Å²) in [7, 11) is 0. The summed E-state index contributed by atoms with van der Waals surface area (Å²) in [6, 6.07) is 20.9. The molecule has 33 heavy (non-hydrogen) atoms. The van der Waals surface area contributed by atoms with Crippen molar-refractivity contribution in [2.24, 2.45) is 5.10 Å². The lowest BCUT2D eigenvalue weighted by Gasteiger charge is -2.10. The van der Waals surface area contributed by atoms with Crippen LogP contribution in [0.5, 0.6) is 11.5 Å². The van der Waals surface area contributed by atoms with E-state index in [1.807, 2.05) is 18.2 Å². The lowest BCUT2D eigenvalue weighted by atomic mass is 10.1. The van der Waals surface area contributed by atoms with Crippen molar-refractivity contribution in [1.29, 1.82) is 0 Å². The number of hydrogen-bond donors (Lipinski definition) is 3. The Labute approximate surface area is 199 Å². The zero-order valence-corrected chi connectivity index (χ0v) is 19.4. The Morgan fingerprint density at radius 3 is 2.39 bits per heavy atom. The average Bonchev–Trinajstić information content (AvgIpc) is 2.82. The van der Waals surface area contributed by atoms with Crippen molar-refractivity contribution in [1.82, 2.24) is 10.7 Å². The molecule has 3 aromatic rings. The van der Waals surface area contributed by atoms with Crippen molar-refractivity contribution < 1.29 is 19.4 Å². The van der Waals surface area contributed by atoms with E-state index in [1.54, 1.807) is 67.6 Å². The first-order chi connectivity index (χ1) is 16.0. The Morgan fingerprint density at radius 2 is 1.73 bits per heavy atom. The maximum Gasteiger partial charge on any atom is 0.287 e. The summed E-state index contributed by atoms with van der Waals surface area (Å²) in [5.74, 6) is -0.864. The van der Waals surface area contributed by atoms with Crippen LogP contribution >= 0.6 is 15.9 Å². The van der Waals surface area contributed by atoms with Crippen LogP contribution in [-0.4, -0.2) is 29.7 Å². The van der Waals surface area contributed by atoms with E-state index in [2.05, 4.69) is 31.8 Å². The van der Waals surface area contributed by atoms with Gasteiger partial charge in [0.2, 0.25) is 0 Å². The third-order valence-electron chi connectivity index (χ3n) is 4.38. The van der Waals surface area contributed by atoms with Crippen LogP contribution in [0.3, 0.4) is 0 Å². The molecular formula is C25H22BrN3O4. The number of benzene rings is 3. The molecule has 3 N–H and O–H groups in total. The van der Waals surface area contributed by atoms with Gasteiger partial charge in [-0.1, -0.05) is 64.5 Å². The van der Waals surface area contributed by atoms with Gasteiger partial charge in [0.05, 0.1) is 12.8 Å². The van der Waals surface area contributed by atoms with Crippen LogP contribution in [0.1, 0.15) is 28.4 Å². The van der Waals surface area contributed by atoms with Gasteiger partial charge in [-0.2, -0.15) is 5.10 Å². The SMILES string of the molecule is CCOc1cc(Br)cc(/C=N\NC(=O)/C(=C/c2ccccc2)NC(=O)c2ccccc2)c1O. The van der Waals surface area contributed by atoms with Crippen LogP contribution in [0.15, 0.2) is 88.1 Å². The zero-order chi connectivity index (χ0) is 23.6. The molecule has 0 saturated heterocycles. The third kappa shape index (κ3) is 6.78. The summed E-state index contributed by atoms with van der Waals surface area (Å²) in [4.78, 5) is 25.4. The van der Waals surface area contributed by atoms with Gasteiger partial charge in [-0.05, 0) is 42.8 Å². The predicted octanol–water partition coefficient (Wildman–Crippen LogP) is 4.47. The molecule has 0 fully saturated rings. The number of rotatable bonds is 8. The molecule has 3 rings (SSSR count). The second kappa shape index (κ2) is 11.6. The first kappa shape index (κ1) is 23.7. The lowest BCUT2D eigenvalue weighted by Crippen LogP contribution is -2.32. The summed E-state index contributed by atoms with van der Waals surface area (Å²) in [6.45, 7) is 2.19. The molecule has 0 aliphatic carbocycles. The zero-order valence-electron chi connectivity index (χ0n) is 17.8. The molecule has 0 aliphatic heterocycles. The number of aromatic hydroxyl groups is 1. The van der Waals surface area contributed by atoms with Gasteiger partial charge in [0.1, 0.15) is 5.70 Å². The van der Waals surface area contributed by atoms with E-state index < -0.39 is 11.8 Å². The van der Waals surface area contributed by atoms with Gasteiger partial charge >= 0.3 is 0 Å².